The third-order valence-corrected chi connectivity index (χ3v) is 5.20. The van der Waals surface area contributed by atoms with Crippen molar-refractivity contribution in [3.05, 3.63) is 64.1 Å². The molecule has 0 radical (unpaired) electrons. The van der Waals surface area contributed by atoms with Crippen LogP contribution in [0, 0.1) is 0 Å². The average Bonchev–Trinajstić information content (AvgIpc) is 2.53. The first-order valence-electron chi connectivity index (χ1n) is 7.48. The summed E-state index contributed by atoms with van der Waals surface area (Å²) in [6.07, 6.45) is 0.306. The molecule has 122 valence electrons. The molecule has 0 aromatic heterocycles. The van der Waals surface area contributed by atoms with Gasteiger partial charge in [-0.2, -0.15) is 0 Å². The Bertz CT molecular complexity index is 840. The predicted molar refractivity (Wildman–Crippen MR) is 91.2 cm³/mol. The highest BCUT2D eigenvalue weighted by Crippen LogP contribution is 2.56. The van der Waals surface area contributed by atoms with E-state index in [0.717, 1.165) is 4.90 Å². The number of benzene rings is 2. The first-order valence-corrected chi connectivity index (χ1v) is 8.23. The number of amides is 2. The number of nitrogens with zero attached hydrogens (tertiary/aromatic N) is 1. The SMILES string of the molecule is CC12CC(c3ccccc3)(O1)C(=O)N(c1c(Cl)cccc1Cl)C2=O. The maximum Gasteiger partial charge on any atom is 0.271 e. The number of imide groups is 1. The largest absolute Gasteiger partial charge is 0.344 e. The number of para-hydroxylation sites is 1. The minimum absolute atomic E-state index is 0.213. The van der Waals surface area contributed by atoms with Crippen LogP contribution in [0.5, 0.6) is 0 Å². The number of carbonyl (C=O) groups is 2. The highest BCUT2D eigenvalue weighted by Gasteiger charge is 2.70. The van der Waals surface area contributed by atoms with Crippen molar-refractivity contribution >= 4 is 40.7 Å². The first kappa shape index (κ1) is 15.6. The molecule has 0 saturated carbocycles. The molecule has 3 fully saturated rings. The number of rotatable bonds is 2. The molecule has 3 aliphatic rings. The molecule has 3 aliphatic heterocycles. The average molecular weight is 362 g/mol. The van der Waals surface area contributed by atoms with E-state index in [0.29, 0.717) is 12.0 Å². The second-order valence-corrected chi connectivity index (χ2v) is 7.03. The van der Waals surface area contributed by atoms with E-state index in [2.05, 4.69) is 0 Å². The minimum Gasteiger partial charge on any atom is -0.344 e. The van der Waals surface area contributed by atoms with Crippen LogP contribution in [-0.2, 0) is 19.9 Å². The van der Waals surface area contributed by atoms with Crippen molar-refractivity contribution < 1.29 is 14.3 Å². The molecule has 2 unspecified atom stereocenters. The molecule has 0 aliphatic carbocycles. The van der Waals surface area contributed by atoms with Gasteiger partial charge >= 0.3 is 0 Å². The lowest BCUT2D eigenvalue weighted by molar-refractivity contribution is -0.261. The third kappa shape index (κ3) is 1.91. The van der Waals surface area contributed by atoms with E-state index in [1.54, 1.807) is 25.1 Å². The van der Waals surface area contributed by atoms with Crippen molar-refractivity contribution in [2.75, 3.05) is 4.90 Å². The number of fused-ring (bicyclic) bond motifs is 2. The van der Waals surface area contributed by atoms with E-state index in [1.807, 2.05) is 30.3 Å². The van der Waals surface area contributed by atoms with Gasteiger partial charge in [-0.05, 0) is 24.6 Å². The van der Waals surface area contributed by atoms with Gasteiger partial charge in [0.2, 0.25) is 0 Å². The number of morpholine rings is 1. The standard InChI is InChI=1S/C18H13Cl2NO3/c1-17-10-18(24-17,11-6-3-2-4-7-11)16(23)21(15(17)22)14-12(19)8-5-9-13(14)20/h2-9H,10H2,1H3. The quantitative estimate of drug-likeness (QED) is 0.761. The normalized spacial score (nSPS) is 28.7. The Hall–Kier alpha value is -1.88. The van der Waals surface area contributed by atoms with Gasteiger partial charge in [0.15, 0.2) is 5.60 Å². The second kappa shape index (κ2) is 5.06. The number of piperidine rings is 1. The predicted octanol–water partition coefficient (Wildman–Crippen LogP) is 3.94. The lowest BCUT2D eigenvalue weighted by Gasteiger charge is -2.59. The molecule has 2 atom stereocenters. The number of ether oxygens (including phenoxy) is 1. The maximum absolute atomic E-state index is 13.2. The molecule has 4 nitrogen and oxygen atoms in total. The number of anilines is 1. The van der Waals surface area contributed by atoms with Crippen LogP contribution in [0.3, 0.4) is 0 Å². The smallest absolute Gasteiger partial charge is 0.271 e. The summed E-state index contributed by atoms with van der Waals surface area (Å²) in [7, 11) is 0. The van der Waals surface area contributed by atoms with Crippen LogP contribution in [-0.4, -0.2) is 17.4 Å². The van der Waals surface area contributed by atoms with Gasteiger partial charge in [-0.3, -0.25) is 9.59 Å². The van der Waals surface area contributed by atoms with Gasteiger partial charge in [-0.15, -0.1) is 0 Å². The Morgan fingerprint density at radius 2 is 1.54 bits per heavy atom. The Kier molecular flexibility index (Phi) is 3.29. The van der Waals surface area contributed by atoms with E-state index in [1.165, 1.54) is 0 Å². The number of halogens is 2. The maximum atomic E-state index is 13.2. The van der Waals surface area contributed by atoms with Crippen LogP contribution in [0.4, 0.5) is 5.69 Å². The third-order valence-electron chi connectivity index (χ3n) is 4.59. The number of hydrogen-bond acceptors (Lipinski definition) is 3. The van der Waals surface area contributed by atoms with Gasteiger partial charge in [0.05, 0.1) is 15.7 Å². The van der Waals surface area contributed by atoms with Crippen LogP contribution in [0.2, 0.25) is 10.0 Å². The molecule has 3 heterocycles. The van der Waals surface area contributed by atoms with Crippen molar-refractivity contribution in [3.63, 3.8) is 0 Å². The summed E-state index contributed by atoms with van der Waals surface area (Å²) in [4.78, 5) is 27.1. The van der Waals surface area contributed by atoms with Gasteiger partial charge in [-0.1, -0.05) is 59.6 Å². The Morgan fingerprint density at radius 1 is 0.958 bits per heavy atom. The summed E-state index contributed by atoms with van der Waals surface area (Å²) in [6.45, 7) is 1.68. The molecule has 6 heteroatoms. The van der Waals surface area contributed by atoms with Crippen molar-refractivity contribution in [1.29, 1.82) is 0 Å². The van der Waals surface area contributed by atoms with E-state index >= 15 is 0 Å². The molecule has 5 rings (SSSR count). The lowest BCUT2D eigenvalue weighted by Crippen LogP contribution is -2.76. The summed E-state index contributed by atoms with van der Waals surface area (Å²) in [5.74, 6) is -0.905. The topological polar surface area (TPSA) is 46.6 Å². The van der Waals surface area contributed by atoms with Gasteiger partial charge in [0, 0.05) is 6.42 Å². The molecular weight excluding hydrogens is 349 g/mol. The highest BCUT2D eigenvalue weighted by molar-refractivity contribution is 6.42. The molecule has 24 heavy (non-hydrogen) atoms. The molecule has 0 N–H and O–H groups in total. The summed E-state index contributed by atoms with van der Waals surface area (Å²) in [5, 5.41) is 0.495. The van der Waals surface area contributed by atoms with Crippen molar-refractivity contribution in [2.45, 2.75) is 24.5 Å². The minimum atomic E-state index is -1.17. The molecule has 2 aromatic rings. The van der Waals surface area contributed by atoms with Crippen LogP contribution in [0.1, 0.15) is 18.9 Å². The van der Waals surface area contributed by atoms with Crippen molar-refractivity contribution in [1.82, 2.24) is 0 Å². The van der Waals surface area contributed by atoms with Gasteiger partial charge in [0.1, 0.15) is 5.60 Å². The zero-order valence-corrected chi connectivity index (χ0v) is 14.3. The van der Waals surface area contributed by atoms with E-state index in [4.69, 9.17) is 27.9 Å². The Labute approximate surface area is 148 Å². The van der Waals surface area contributed by atoms with E-state index < -0.39 is 23.0 Å². The van der Waals surface area contributed by atoms with Crippen LogP contribution in [0.15, 0.2) is 48.5 Å². The Balaban J connectivity index is 1.88. The highest BCUT2D eigenvalue weighted by atomic mass is 35.5. The zero-order valence-electron chi connectivity index (χ0n) is 12.8. The molecule has 2 bridgehead atoms. The first-order chi connectivity index (χ1) is 11.4. The van der Waals surface area contributed by atoms with Crippen LogP contribution >= 0.6 is 23.2 Å². The van der Waals surface area contributed by atoms with E-state index in [9.17, 15) is 9.59 Å². The Morgan fingerprint density at radius 3 is 2.12 bits per heavy atom. The fraction of sp³-hybridized carbons (Fsp3) is 0.222. The monoisotopic (exact) mass is 361 g/mol. The molecule has 2 aromatic carbocycles. The summed E-state index contributed by atoms with van der Waals surface area (Å²) >= 11 is 12.4. The van der Waals surface area contributed by atoms with Crippen LogP contribution < -0.4 is 4.90 Å². The van der Waals surface area contributed by atoms with Crippen LogP contribution in [0.25, 0.3) is 0 Å². The second-order valence-electron chi connectivity index (χ2n) is 6.22. The van der Waals surface area contributed by atoms with Crippen molar-refractivity contribution in [3.8, 4) is 0 Å². The van der Waals surface area contributed by atoms with Gasteiger partial charge in [0.25, 0.3) is 11.8 Å². The zero-order chi connectivity index (χ0) is 17.1. The number of hydrogen-bond donors (Lipinski definition) is 0. The van der Waals surface area contributed by atoms with Crippen molar-refractivity contribution in [2.24, 2.45) is 0 Å². The molecule has 3 saturated heterocycles. The molecule has 2 amide bonds. The summed E-state index contributed by atoms with van der Waals surface area (Å²) < 4.78 is 5.87. The molecule has 0 spiro atoms. The van der Waals surface area contributed by atoms with E-state index in [-0.39, 0.29) is 15.7 Å². The summed E-state index contributed by atoms with van der Waals surface area (Å²) in [6, 6.07) is 14.0. The molecular formula is C18H13Cl2NO3. The van der Waals surface area contributed by atoms with Gasteiger partial charge < -0.3 is 4.74 Å². The number of carbonyl (C=O) groups excluding carboxylic acids is 2. The fourth-order valence-corrected chi connectivity index (χ4v) is 4.06. The van der Waals surface area contributed by atoms with Gasteiger partial charge in [-0.25, -0.2) is 4.90 Å². The fourth-order valence-electron chi connectivity index (χ4n) is 3.50. The lowest BCUT2D eigenvalue weighted by atomic mass is 9.70. The summed E-state index contributed by atoms with van der Waals surface area (Å²) in [5.41, 5.74) is -1.31.